The van der Waals surface area contributed by atoms with Crippen molar-refractivity contribution in [1.29, 1.82) is 0 Å². The third-order valence-corrected chi connectivity index (χ3v) is 0. The molecule has 0 spiro atoms. The zero-order chi connectivity index (χ0) is 7.15. The second kappa shape index (κ2) is 16.4. The summed E-state index contributed by atoms with van der Waals surface area (Å²) < 4.78 is 0. The number of hydrogen-bond donors (Lipinski definition) is 0. The second-order valence-corrected chi connectivity index (χ2v) is 0.500. The van der Waals surface area contributed by atoms with E-state index in [0.29, 0.717) is 0 Å². The fourth-order valence-corrected chi connectivity index (χ4v) is 0. The average molecular weight is 364 g/mol. The number of hydrogen-bond acceptors (Lipinski definition) is 6. The fraction of sp³-hybridized carbons (Fsp3) is 0. The summed E-state index contributed by atoms with van der Waals surface area (Å²) in [4.78, 5) is 16.7. The van der Waals surface area contributed by atoms with Crippen LogP contribution in [0.5, 0.6) is 0 Å². The largest absolute Gasteiger partial charge is 2.00 e. The molecule has 0 heterocycles. The third-order valence-electron chi connectivity index (χ3n) is 0. The molecular weight excluding hydrogens is 364 g/mol. The molecular formula is C2BaO6Pd. The van der Waals surface area contributed by atoms with Crippen molar-refractivity contribution in [2.75, 3.05) is 0 Å². The maximum Gasteiger partial charge on any atom is 2.00 e. The van der Waals surface area contributed by atoms with E-state index in [9.17, 15) is 0 Å². The van der Waals surface area contributed by atoms with Crippen molar-refractivity contribution in [3.63, 3.8) is 0 Å². The Morgan fingerprint density at radius 3 is 0.800 bits per heavy atom. The molecule has 0 aromatic rings. The number of rotatable bonds is 0. The Kier molecular flexibility index (Phi) is 36.8. The molecule has 0 aliphatic rings. The van der Waals surface area contributed by atoms with Gasteiger partial charge in [0.15, 0.2) is 0 Å². The first-order chi connectivity index (χ1) is 3.46. The zero-order valence-corrected chi connectivity index (χ0v) is 10.5. The number of carboxylic acid groups (broad SMARTS) is 4. The van der Waals surface area contributed by atoms with Crippen LogP contribution in [0.1, 0.15) is 0 Å². The zero-order valence-electron chi connectivity index (χ0n) is 4.47. The van der Waals surface area contributed by atoms with Crippen molar-refractivity contribution >= 4 is 61.2 Å². The molecule has 0 fully saturated rings. The molecule has 0 saturated heterocycles. The molecule has 0 N–H and O–H groups in total. The van der Waals surface area contributed by atoms with Crippen molar-refractivity contribution in [1.82, 2.24) is 0 Å². The van der Waals surface area contributed by atoms with E-state index in [2.05, 4.69) is 0 Å². The Bertz CT molecular complexity index is 73.7. The molecule has 0 radical (unpaired) electrons. The van der Waals surface area contributed by atoms with Crippen LogP contribution in [-0.4, -0.2) is 61.2 Å². The maximum absolute atomic E-state index is 8.33. The first-order valence-electron chi connectivity index (χ1n) is 1.22. The number of carbonyl (C=O) groups excluding carboxylic acids is 2. The SMILES string of the molecule is O=C([O-])[O-].O=C([O-])[O-].[Ba+2].[Pd+2]. The molecule has 0 aromatic carbocycles. The maximum atomic E-state index is 8.33. The van der Waals surface area contributed by atoms with E-state index in [0.717, 1.165) is 0 Å². The smallest absolute Gasteiger partial charge is 0.652 e. The molecule has 6 nitrogen and oxygen atoms in total. The van der Waals surface area contributed by atoms with Crippen molar-refractivity contribution in [3.8, 4) is 0 Å². The number of carbonyl (C=O) groups is 2. The predicted octanol–water partition coefficient (Wildman–Crippen LogP) is -5.28. The van der Waals surface area contributed by atoms with Gasteiger partial charge in [-0.3, -0.25) is 0 Å². The van der Waals surface area contributed by atoms with E-state index in [4.69, 9.17) is 30.0 Å². The molecule has 0 aromatic heterocycles. The third kappa shape index (κ3) is 886. The molecule has 0 bridgehead atoms. The van der Waals surface area contributed by atoms with Crippen LogP contribution >= 0.6 is 0 Å². The van der Waals surface area contributed by atoms with Crippen molar-refractivity contribution in [2.24, 2.45) is 0 Å². The Labute approximate surface area is 110 Å². The summed E-state index contributed by atoms with van der Waals surface area (Å²) in [7, 11) is 0. The Morgan fingerprint density at radius 2 is 0.800 bits per heavy atom. The molecule has 0 atom stereocenters. The van der Waals surface area contributed by atoms with Gasteiger partial charge in [-0.15, -0.1) is 0 Å². The van der Waals surface area contributed by atoms with Crippen LogP contribution in [0.3, 0.4) is 0 Å². The van der Waals surface area contributed by atoms with E-state index < -0.39 is 12.3 Å². The van der Waals surface area contributed by atoms with Crippen LogP contribution in [-0.2, 0) is 20.4 Å². The normalized spacial score (nSPS) is 4.80. The van der Waals surface area contributed by atoms with Gasteiger partial charge >= 0.3 is 69.3 Å². The molecule has 8 heteroatoms. The molecule has 56 valence electrons. The molecule has 0 rings (SSSR count). The molecule has 0 aliphatic heterocycles. The Morgan fingerprint density at radius 1 is 0.800 bits per heavy atom. The van der Waals surface area contributed by atoms with Crippen LogP contribution in [0, 0.1) is 0 Å². The van der Waals surface area contributed by atoms with E-state index in [1.165, 1.54) is 0 Å². The second-order valence-electron chi connectivity index (χ2n) is 0.500. The van der Waals surface area contributed by atoms with E-state index >= 15 is 0 Å². The van der Waals surface area contributed by atoms with Crippen LogP contribution in [0.2, 0.25) is 0 Å². The summed E-state index contributed by atoms with van der Waals surface area (Å²) in [6, 6.07) is 0. The summed E-state index contributed by atoms with van der Waals surface area (Å²) in [5, 5.41) is 33.3. The minimum absolute atomic E-state index is 0. The summed E-state index contributed by atoms with van der Waals surface area (Å²) in [6.07, 6.45) is -4.67. The Hall–Kier alpha value is 0.774. The average Bonchev–Trinajstić information content (AvgIpc) is 1.25. The minimum Gasteiger partial charge on any atom is -0.652 e. The summed E-state index contributed by atoms with van der Waals surface area (Å²) in [5.74, 6) is 0. The first kappa shape index (κ1) is 22.4. The van der Waals surface area contributed by atoms with Gasteiger partial charge in [0.1, 0.15) is 0 Å². The summed E-state index contributed by atoms with van der Waals surface area (Å²) in [5.41, 5.74) is 0. The van der Waals surface area contributed by atoms with Crippen molar-refractivity contribution in [3.05, 3.63) is 0 Å². The molecule has 0 amide bonds. The quantitative estimate of drug-likeness (QED) is 0.396. The van der Waals surface area contributed by atoms with Gasteiger partial charge < -0.3 is 30.0 Å². The topological polar surface area (TPSA) is 126 Å². The molecule has 0 aliphatic carbocycles. The summed E-state index contributed by atoms with van der Waals surface area (Å²) >= 11 is 0. The van der Waals surface area contributed by atoms with Gasteiger partial charge in [0.05, 0.1) is 0 Å². The van der Waals surface area contributed by atoms with Crippen LogP contribution in [0.15, 0.2) is 0 Å². The van der Waals surface area contributed by atoms with Gasteiger partial charge in [-0.1, -0.05) is 0 Å². The molecule has 0 unspecified atom stereocenters. The van der Waals surface area contributed by atoms with Gasteiger partial charge in [-0.25, -0.2) is 0 Å². The van der Waals surface area contributed by atoms with Gasteiger partial charge in [0.2, 0.25) is 0 Å². The molecule has 10 heavy (non-hydrogen) atoms. The van der Waals surface area contributed by atoms with Gasteiger partial charge in [0, 0.05) is 0 Å². The van der Waals surface area contributed by atoms with Gasteiger partial charge in [-0.05, 0) is 12.3 Å². The van der Waals surface area contributed by atoms with Crippen molar-refractivity contribution in [2.45, 2.75) is 0 Å². The Balaban J connectivity index is -0.0000000300. The van der Waals surface area contributed by atoms with E-state index in [1.54, 1.807) is 0 Å². The van der Waals surface area contributed by atoms with Gasteiger partial charge in [-0.2, -0.15) is 0 Å². The van der Waals surface area contributed by atoms with Gasteiger partial charge in [0.25, 0.3) is 0 Å². The standard InChI is InChI=1S/2CH2O3.Ba.Pd/c2*2-1(3)4;;/h2*(H2,2,3,4);;/q;;2*+2/p-4. The van der Waals surface area contributed by atoms with E-state index in [1.807, 2.05) is 0 Å². The fourth-order valence-electron chi connectivity index (χ4n) is 0. The predicted molar refractivity (Wildman–Crippen MR) is 16.5 cm³/mol. The van der Waals surface area contributed by atoms with Crippen LogP contribution in [0.25, 0.3) is 0 Å². The monoisotopic (exact) mass is 364 g/mol. The minimum atomic E-state index is -2.33. The van der Waals surface area contributed by atoms with Crippen LogP contribution in [0.4, 0.5) is 9.59 Å². The van der Waals surface area contributed by atoms with E-state index in [-0.39, 0.29) is 69.3 Å². The van der Waals surface area contributed by atoms with Crippen LogP contribution < -0.4 is 20.4 Å². The first-order valence-corrected chi connectivity index (χ1v) is 1.22. The van der Waals surface area contributed by atoms with Crippen molar-refractivity contribution < 1.29 is 50.4 Å². The summed E-state index contributed by atoms with van der Waals surface area (Å²) in [6.45, 7) is 0. The molecule has 0 saturated carbocycles.